The van der Waals surface area contributed by atoms with Crippen LogP contribution in [0, 0.1) is 13.8 Å². The summed E-state index contributed by atoms with van der Waals surface area (Å²) >= 11 is 0. The average Bonchev–Trinajstić information content (AvgIpc) is 3.06. The minimum atomic E-state index is -4.49. The fourth-order valence-corrected chi connectivity index (χ4v) is 7.09. The molecule has 5 heteroatoms. The molecule has 1 heterocycles. The van der Waals surface area contributed by atoms with Crippen molar-refractivity contribution in [2.24, 2.45) is 0 Å². The van der Waals surface area contributed by atoms with E-state index in [-0.39, 0.29) is 5.92 Å². The van der Waals surface area contributed by atoms with Gasteiger partial charge in [-0.1, -0.05) is 102 Å². The van der Waals surface area contributed by atoms with Crippen LogP contribution in [0.5, 0.6) is 5.75 Å². The van der Waals surface area contributed by atoms with Crippen LogP contribution in [0.15, 0.2) is 78.9 Å². The molecule has 0 amide bonds. The molecule has 4 aromatic rings. The minimum absolute atomic E-state index is 0.267. The first-order valence-electron chi connectivity index (χ1n) is 13.4. The molecule has 2 aliphatic carbocycles. The quantitative estimate of drug-likeness (QED) is 0.370. The molecule has 7 rings (SSSR count). The van der Waals surface area contributed by atoms with Gasteiger partial charge in [0.05, 0.1) is 0 Å². The van der Waals surface area contributed by atoms with E-state index in [0.29, 0.717) is 5.75 Å². The number of hydrogen-bond acceptors (Lipinski definition) is 3. The highest BCUT2D eigenvalue weighted by Gasteiger charge is 2.43. The molecule has 194 valence electrons. The van der Waals surface area contributed by atoms with Gasteiger partial charge in [0, 0.05) is 22.6 Å². The van der Waals surface area contributed by atoms with Gasteiger partial charge in [0.25, 0.3) is 0 Å². The third-order valence-electron chi connectivity index (χ3n) is 8.00. The molecule has 0 saturated heterocycles. The van der Waals surface area contributed by atoms with E-state index >= 15 is 0 Å². The number of rotatable bonds is 2. The van der Waals surface area contributed by atoms with E-state index in [1.165, 1.54) is 0 Å². The average molecular weight is 533 g/mol. The highest BCUT2D eigenvalue weighted by atomic mass is 31.2. The predicted molar refractivity (Wildman–Crippen MR) is 156 cm³/mol. The molecule has 0 bridgehead atoms. The molecule has 1 N–H and O–H groups in total. The van der Waals surface area contributed by atoms with Crippen LogP contribution in [0.25, 0.3) is 34.9 Å². The third-order valence-corrected chi connectivity index (χ3v) is 8.91. The van der Waals surface area contributed by atoms with Crippen LogP contribution < -0.4 is 25.4 Å². The smallest absolute Gasteiger partial charge is 0.403 e. The second-order valence-corrected chi connectivity index (χ2v) is 12.0. The molecule has 0 saturated carbocycles. The Kier molecular flexibility index (Phi) is 5.75. The lowest BCUT2D eigenvalue weighted by Gasteiger charge is -2.29. The molecule has 39 heavy (non-hydrogen) atoms. The zero-order chi connectivity index (χ0) is 26.7. The Bertz CT molecular complexity index is 1920. The Morgan fingerprint density at radius 2 is 1.54 bits per heavy atom. The van der Waals surface area contributed by atoms with Gasteiger partial charge in [-0.25, -0.2) is 4.57 Å². The van der Waals surface area contributed by atoms with Gasteiger partial charge in [-0.2, -0.15) is 0 Å². The molecule has 4 nitrogen and oxygen atoms in total. The molecule has 4 aromatic carbocycles. The highest BCUT2D eigenvalue weighted by molar-refractivity contribution is 7.47. The van der Waals surface area contributed by atoms with Crippen LogP contribution >= 0.6 is 7.82 Å². The third kappa shape index (κ3) is 4.20. The Morgan fingerprint density at radius 1 is 0.846 bits per heavy atom. The van der Waals surface area contributed by atoms with Crippen molar-refractivity contribution in [3.63, 3.8) is 0 Å². The largest absolute Gasteiger partial charge is 0.528 e. The summed E-state index contributed by atoms with van der Waals surface area (Å²) in [5.74, 6) is 0.142. The van der Waals surface area contributed by atoms with Gasteiger partial charge < -0.3 is 4.52 Å². The maximum Gasteiger partial charge on any atom is 0.528 e. The first kappa shape index (κ1) is 24.4. The SMILES string of the molecule is Cc1ccc(-c2cc3c(c4c2OP(=O)(O)OC2C4=c4ccccc4=CC2c2ccc(C)cc2)=CCCC=3)cc1. The van der Waals surface area contributed by atoms with Gasteiger partial charge in [-0.15, -0.1) is 0 Å². The molecular weight excluding hydrogens is 503 g/mol. The maximum atomic E-state index is 13.7. The van der Waals surface area contributed by atoms with E-state index in [0.717, 1.165) is 72.7 Å². The van der Waals surface area contributed by atoms with Crippen molar-refractivity contribution in [3.8, 4) is 16.9 Å². The maximum absolute atomic E-state index is 13.7. The number of hydrogen-bond donors (Lipinski definition) is 1. The number of phosphoric acid groups is 1. The normalized spacial score (nSPS) is 22.9. The van der Waals surface area contributed by atoms with Gasteiger partial charge >= 0.3 is 7.82 Å². The lowest BCUT2D eigenvalue weighted by molar-refractivity contribution is 0.170. The van der Waals surface area contributed by atoms with Crippen LogP contribution in [0.1, 0.15) is 41.0 Å². The molecule has 0 spiro atoms. The summed E-state index contributed by atoms with van der Waals surface area (Å²) < 4.78 is 25.9. The van der Waals surface area contributed by atoms with E-state index in [1.807, 2.05) is 31.2 Å². The number of aryl methyl sites for hydroxylation is 2. The van der Waals surface area contributed by atoms with Crippen LogP contribution in [0.3, 0.4) is 0 Å². The number of phosphoric ester groups is 1. The van der Waals surface area contributed by atoms with Crippen molar-refractivity contribution < 1.29 is 18.5 Å². The van der Waals surface area contributed by atoms with E-state index in [1.54, 1.807) is 0 Å². The van der Waals surface area contributed by atoms with Crippen LogP contribution in [0.4, 0.5) is 0 Å². The van der Waals surface area contributed by atoms with Crippen LogP contribution in [-0.2, 0) is 9.09 Å². The van der Waals surface area contributed by atoms with Gasteiger partial charge in [0.1, 0.15) is 11.9 Å². The van der Waals surface area contributed by atoms with Crippen molar-refractivity contribution >= 4 is 31.6 Å². The molecule has 0 radical (unpaired) electrons. The van der Waals surface area contributed by atoms with Crippen molar-refractivity contribution in [1.82, 2.24) is 0 Å². The molecule has 3 atom stereocenters. The summed E-state index contributed by atoms with van der Waals surface area (Å²) in [6.45, 7) is 4.11. The number of benzene rings is 4. The topological polar surface area (TPSA) is 55.8 Å². The van der Waals surface area contributed by atoms with Crippen molar-refractivity contribution in [2.75, 3.05) is 0 Å². The van der Waals surface area contributed by atoms with E-state index < -0.39 is 13.9 Å². The van der Waals surface area contributed by atoms with Gasteiger partial charge in [0.15, 0.2) is 0 Å². The van der Waals surface area contributed by atoms with E-state index in [4.69, 9.17) is 9.05 Å². The van der Waals surface area contributed by atoms with Gasteiger partial charge in [-0.3, -0.25) is 9.42 Å². The van der Waals surface area contributed by atoms with E-state index in [9.17, 15) is 9.46 Å². The monoisotopic (exact) mass is 532 g/mol. The summed E-state index contributed by atoms with van der Waals surface area (Å²) in [4.78, 5) is 11.2. The summed E-state index contributed by atoms with van der Waals surface area (Å²) in [5.41, 5.74) is 6.81. The van der Waals surface area contributed by atoms with Crippen LogP contribution in [-0.4, -0.2) is 11.0 Å². The zero-order valence-corrected chi connectivity index (χ0v) is 22.8. The first-order chi connectivity index (χ1) is 18.9. The summed E-state index contributed by atoms with van der Waals surface area (Å²) in [6.07, 6.45) is 7.79. The summed E-state index contributed by atoms with van der Waals surface area (Å²) in [5, 5.41) is 4.23. The fourth-order valence-electron chi connectivity index (χ4n) is 6.10. The number of fused-ring (bicyclic) bond motifs is 6. The first-order valence-corrected chi connectivity index (χ1v) is 14.9. The molecule has 3 aliphatic rings. The zero-order valence-electron chi connectivity index (χ0n) is 21.9. The predicted octanol–water partition coefficient (Wildman–Crippen LogP) is 4.98. The molecule has 0 aromatic heterocycles. The standard InChI is InChI=1S/C34H29O4P/c1-21-11-15-23(16-12-21)29-19-25-7-3-5-9-27(25)31-32-28-10-6-4-8-26(28)20-30(24-17-13-22(2)14-18-24)34(32)38-39(35,36)37-33(29)31/h3,5,7-20,29,33H,4,6H2,1-2H3,(H,35,36). The summed E-state index contributed by atoms with van der Waals surface area (Å²) in [6, 6.07) is 26.8. The van der Waals surface area contributed by atoms with Gasteiger partial charge in [0.2, 0.25) is 0 Å². The fraction of sp³-hybridized carbons (Fsp3) is 0.176. The Morgan fingerprint density at radius 3 is 2.31 bits per heavy atom. The lowest BCUT2D eigenvalue weighted by Crippen LogP contribution is -2.42. The second-order valence-electron chi connectivity index (χ2n) is 10.7. The van der Waals surface area contributed by atoms with Crippen molar-refractivity contribution in [1.29, 1.82) is 0 Å². The van der Waals surface area contributed by atoms with Crippen molar-refractivity contribution in [3.05, 3.63) is 122 Å². The van der Waals surface area contributed by atoms with Crippen molar-refractivity contribution in [2.45, 2.75) is 38.7 Å². The molecule has 3 unspecified atom stereocenters. The Labute approximate surface area is 227 Å². The minimum Gasteiger partial charge on any atom is -0.403 e. The second kappa shape index (κ2) is 9.20. The Hall–Kier alpha value is -3.69. The summed E-state index contributed by atoms with van der Waals surface area (Å²) in [7, 11) is -4.49. The van der Waals surface area contributed by atoms with Crippen LogP contribution in [0.2, 0.25) is 0 Å². The lowest BCUT2D eigenvalue weighted by atomic mass is 9.79. The molecular formula is C34H29O4P. The van der Waals surface area contributed by atoms with Gasteiger partial charge in [-0.05, 0) is 64.8 Å². The van der Waals surface area contributed by atoms with E-state index in [2.05, 4.69) is 79.7 Å². The highest BCUT2D eigenvalue weighted by Crippen LogP contribution is 2.55. The molecule has 0 fully saturated rings. The Balaban J connectivity index is 1.63. The molecule has 1 aliphatic heterocycles.